The summed E-state index contributed by atoms with van der Waals surface area (Å²) in [6.45, 7) is 3.48. The fraction of sp³-hybridized carbons (Fsp3) is 0.231. The molecule has 0 unspecified atom stereocenters. The van der Waals surface area contributed by atoms with Crippen molar-refractivity contribution in [3.05, 3.63) is 81.1 Å². The van der Waals surface area contributed by atoms with Crippen molar-refractivity contribution in [3.63, 3.8) is 0 Å². The number of ketones is 1. The lowest BCUT2D eigenvalue weighted by Gasteiger charge is -2.23. The Balaban J connectivity index is 1.70. The third-order valence-electron chi connectivity index (χ3n) is 6.18. The van der Waals surface area contributed by atoms with Gasteiger partial charge in [0.05, 0.1) is 18.4 Å². The van der Waals surface area contributed by atoms with Crippen LogP contribution in [0.2, 0.25) is 0 Å². The molecule has 8 nitrogen and oxygen atoms in total. The monoisotopic (exact) mass is 508 g/mol. The number of fused-ring (bicyclic) bond motifs is 1. The molecule has 1 saturated heterocycles. The van der Waals surface area contributed by atoms with Crippen LogP contribution in [-0.4, -0.2) is 41.0 Å². The molecule has 36 heavy (non-hydrogen) atoms. The number of carbonyl (C=O) groups is 3. The van der Waals surface area contributed by atoms with Crippen molar-refractivity contribution < 1.29 is 33.4 Å². The number of anilines is 1. The van der Waals surface area contributed by atoms with Gasteiger partial charge in [0.2, 0.25) is 0 Å². The number of aryl methyl sites for hydroxylation is 1. The molecular formula is C26H21FN2O6S. The highest BCUT2D eigenvalue weighted by atomic mass is 32.1. The molecule has 1 fully saturated rings. The first-order valence-electron chi connectivity index (χ1n) is 11.1. The molecule has 3 aromatic rings. The smallest absolute Gasteiger partial charge is 0.350 e. The van der Waals surface area contributed by atoms with E-state index in [0.29, 0.717) is 23.4 Å². The summed E-state index contributed by atoms with van der Waals surface area (Å²) in [5.41, 5.74) is 1.18. The molecule has 5 rings (SSSR count). The maximum atomic E-state index is 15.1. The number of nitrogens with zero attached hydrogens (tertiary/aromatic N) is 2. The standard InChI is InChI=1S/C26H21FN2O6S/c1-12-10-15-11-14(8-9-18(15)35-12)21(30)19-20(16-6-4-5-7-17(16)27)29(24(32)22(19)31)26-28-13(2)23(36-26)25(33)34-3/h4-9,11-12,20,30H,10H2,1-3H3/t12-,20-/m1/s1. The molecule has 3 heterocycles. The predicted molar refractivity (Wildman–Crippen MR) is 130 cm³/mol. The molecule has 2 aliphatic rings. The first-order valence-corrected chi connectivity index (χ1v) is 11.9. The minimum absolute atomic E-state index is 0.00355. The van der Waals surface area contributed by atoms with Crippen LogP contribution in [0.3, 0.4) is 0 Å². The molecule has 2 atom stereocenters. The van der Waals surface area contributed by atoms with Crippen LogP contribution in [0, 0.1) is 12.7 Å². The first-order chi connectivity index (χ1) is 17.2. The van der Waals surface area contributed by atoms with Gasteiger partial charge >= 0.3 is 11.9 Å². The van der Waals surface area contributed by atoms with E-state index in [0.717, 1.165) is 21.8 Å². The molecule has 0 aliphatic carbocycles. The summed E-state index contributed by atoms with van der Waals surface area (Å²) in [6.07, 6.45) is 0.592. The third kappa shape index (κ3) is 3.74. The van der Waals surface area contributed by atoms with Gasteiger partial charge in [-0.15, -0.1) is 0 Å². The number of benzene rings is 2. The summed E-state index contributed by atoms with van der Waals surface area (Å²) in [4.78, 5) is 44.2. The van der Waals surface area contributed by atoms with Gasteiger partial charge in [0, 0.05) is 17.5 Å². The van der Waals surface area contributed by atoms with Crippen LogP contribution in [0.5, 0.6) is 5.75 Å². The zero-order valence-corrected chi connectivity index (χ0v) is 20.4. The Morgan fingerprint density at radius 3 is 2.72 bits per heavy atom. The summed E-state index contributed by atoms with van der Waals surface area (Å²) >= 11 is 0.850. The molecule has 184 valence electrons. The second kappa shape index (κ2) is 8.87. The molecular weight excluding hydrogens is 487 g/mol. The van der Waals surface area contributed by atoms with Gasteiger partial charge in [0.1, 0.15) is 34.3 Å². The van der Waals surface area contributed by atoms with Crippen molar-refractivity contribution in [1.29, 1.82) is 0 Å². The molecule has 0 bridgehead atoms. The SMILES string of the molecule is COC(=O)c1sc(N2C(=O)C(=O)C(=C(O)c3ccc4c(c3)C[C@@H](C)O4)[C@H]2c2ccccc2F)nc1C. The molecule has 2 aromatic carbocycles. The fourth-order valence-electron chi connectivity index (χ4n) is 4.51. The van der Waals surface area contributed by atoms with Crippen LogP contribution in [0.1, 0.15) is 45.0 Å². The maximum Gasteiger partial charge on any atom is 0.350 e. The second-order valence-corrected chi connectivity index (χ2v) is 9.53. The number of aliphatic hydroxyl groups excluding tert-OH is 1. The van der Waals surface area contributed by atoms with Gasteiger partial charge in [-0.25, -0.2) is 14.2 Å². The Labute approximate surface area is 209 Å². The number of Topliss-reactive ketones (excluding diaryl/α,β-unsaturated/α-hetero) is 1. The number of ether oxygens (including phenoxy) is 2. The topological polar surface area (TPSA) is 106 Å². The van der Waals surface area contributed by atoms with Crippen LogP contribution in [0.25, 0.3) is 5.76 Å². The van der Waals surface area contributed by atoms with E-state index in [1.807, 2.05) is 6.92 Å². The van der Waals surface area contributed by atoms with E-state index in [1.165, 1.54) is 25.3 Å². The quantitative estimate of drug-likeness (QED) is 0.242. The molecule has 1 N–H and O–H groups in total. The Bertz CT molecular complexity index is 1460. The molecule has 2 aliphatic heterocycles. The van der Waals surface area contributed by atoms with E-state index in [2.05, 4.69) is 4.98 Å². The summed E-state index contributed by atoms with van der Waals surface area (Å²) < 4.78 is 25.5. The van der Waals surface area contributed by atoms with Crippen LogP contribution in [0.15, 0.2) is 48.0 Å². The molecule has 1 aromatic heterocycles. The predicted octanol–water partition coefficient (Wildman–Crippen LogP) is 4.33. The zero-order valence-electron chi connectivity index (χ0n) is 19.6. The van der Waals surface area contributed by atoms with Crippen molar-refractivity contribution in [2.75, 3.05) is 12.0 Å². The molecule has 0 radical (unpaired) electrons. The van der Waals surface area contributed by atoms with Gasteiger partial charge in [0.15, 0.2) is 5.13 Å². The van der Waals surface area contributed by atoms with E-state index < -0.39 is 35.3 Å². The van der Waals surface area contributed by atoms with Crippen LogP contribution in [-0.2, 0) is 20.7 Å². The zero-order chi connectivity index (χ0) is 25.7. The van der Waals surface area contributed by atoms with E-state index in [1.54, 1.807) is 31.2 Å². The first kappa shape index (κ1) is 23.7. The minimum atomic E-state index is -1.30. The summed E-state index contributed by atoms with van der Waals surface area (Å²) in [5, 5.41) is 11.3. The fourth-order valence-corrected chi connectivity index (χ4v) is 5.52. The minimum Gasteiger partial charge on any atom is -0.507 e. The lowest BCUT2D eigenvalue weighted by Crippen LogP contribution is -2.29. The molecule has 0 saturated carbocycles. The maximum absolute atomic E-state index is 15.1. The summed E-state index contributed by atoms with van der Waals surface area (Å²) in [7, 11) is 1.22. The van der Waals surface area contributed by atoms with Crippen LogP contribution >= 0.6 is 11.3 Å². The number of rotatable bonds is 4. The lowest BCUT2D eigenvalue weighted by atomic mass is 9.94. The highest BCUT2D eigenvalue weighted by molar-refractivity contribution is 7.17. The normalized spacial score (nSPS) is 20.4. The number of carbonyl (C=O) groups excluding carboxylic acids is 3. The van der Waals surface area contributed by atoms with Crippen molar-refractivity contribution in [2.24, 2.45) is 0 Å². The van der Waals surface area contributed by atoms with Crippen molar-refractivity contribution in [1.82, 2.24) is 4.98 Å². The second-order valence-electron chi connectivity index (χ2n) is 8.55. The number of amides is 1. The Kier molecular flexibility index (Phi) is 5.83. The third-order valence-corrected chi connectivity index (χ3v) is 7.31. The van der Waals surface area contributed by atoms with Gasteiger partial charge in [-0.2, -0.15) is 0 Å². The number of aromatic nitrogens is 1. The number of aliphatic hydroxyl groups is 1. The van der Waals surface area contributed by atoms with Crippen molar-refractivity contribution >= 4 is 39.9 Å². The summed E-state index contributed by atoms with van der Waals surface area (Å²) in [6, 6.07) is 9.36. The molecule has 10 heteroatoms. The van der Waals surface area contributed by atoms with Crippen LogP contribution in [0.4, 0.5) is 9.52 Å². The van der Waals surface area contributed by atoms with Crippen molar-refractivity contribution in [3.8, 4) is 5.75 Å². The largest absolute Gasteiger partial charge is 0.507 e. The highest BCUT2D eigenvalue weighted by Gasteiger charge is 2.49. The number of esters is 1. The Hall–Kier alpha value is -4.05. The number of methoxy groups -OCH3 is 1. The Morgan fingerprint density at radius 2 is 2.00 bits per heavy atom. The van der Waals surface area contributed by atoms with E-state index >= 15 is 4.39 Å². The lowest BCUT2D eigenvalue weighted by molar-refractivity contribution is -0.132. The van der Waals surface area contributed by atoms with Gasteiger partial charge in [-0.05, 0) is 43.7 Å². The van der Waals surface area contributed by atoms with Crippen molar-refractivity contribution in [2.45, 2.75) is 32.4 Å². The number of hydrogen-bond donors (Lipinski definition) is 1. The number of hydrogen-bond acceptors (Lipinski definition) is 8. The molecule has 0 spiro atoms. The highest BCUT2D eigenvalue weighted by Crippen LogP contribution is 2.45. The van der Waals surface area contributed by atoms with E-state index in [-0.39, 0.29) is 27.2 Å². The van der Waals surface area contributed by atoms with Gasteiger partial charge in [-0.3, -0.25) is 14.5 Å². The average molecular weight is 509 g/mol. The van der Waals surface area contributed by atoms with Gasteiger partial charge < -0.3 is 14.6 Å². The van der Waals surface area contributed by atoms with Crippen LogP contribution < -0.4 is 9.64 Å². The number of thiazole rings is 1. The van der Waals surface area contributed by atoms with E-state index in [9.17, 15) is 19.5 Å². The number of halogens is 1. The Morgan fingerprint density at radius 1 is 1.25 bits per heavy atom. The van der Waals surface area contributed by atoms with Gasteiger partial charge in [0.25, 0.3) is 5.78 Å². The molecule has 1 amide bonds. The average Bonchev–Trinajstić information content (AvgIpc) is 3.50. The van der Waals surface area contributed by atoms with Gasteiger partial charge in [-0.1, -0.05) is 29.5 Å². The summed E-state index contributed by atoms with van der Waals surface area (Å²) in [5.74, 6) is -3.05. The van der Waals surface area contributed by atoms with E-state index in [4.69, 9.17) is 9.47 Å².